The van der Waals surface area contributed by atoms with Gasteiger partial charge < -0.3 is 10.6 Å². The maximum atomic E-state index is 11.8. The van der Waals surface area contributed by atoms with Crippen LogP contribution in [0.3, 0.4) is 0 Å². The summed E-state index contributed by atoms with van der Waals surface area (Å²) in [5.41, 5.74) is 2.20. The summed E-state index contributed by atoms with van der Waals surface area (Å²) >= 11 is 0. The molecule has 1 aromatic carbocycles. The molecule has 0 radical (unpaired) electrons. The van der Waals surface area contributed by atoms with Crippen molar-refractivity contribution in [2.45, 2.75) is 32.7 Å². The molecule has 1 aromatic heterocycles. The fourth-order valence-corrected chi connectivity index (χ4v) is 2.48. The van der Waals surface area contributed by atoms with Crippen molar-refractivity contribution in [1.29, 1.82) is 0 Å². The number of nitrogens with one attached hydrogen (secondary N) is 2. The third-order valence-electron chi connectivity index (χ3n) is 3.48. The monoisotopic (exact) mass is 285 g/mol. The molecule has 1 unspecified atom stereocenters. The van der Waals surface area contributed by atoms with Gasteiger partial charge in [0.15, 0.2) is 0 Å². The van der Waals surface area contributed by atoms with Gasteiger partial charge in [0.25, 0.3) is 0 Å². The number of rotatable bonds is 7. The summed E-state index contributed by atoms with van der Waals surface area (Å²) in [5, 5.41) is 7.36. The van der Waals surface area contributed by atoms with Crippen LogP contribution < -0.4 is 10.6 Å². The van der Waals surface area contributed by atoms with Gasteiger partial charge >= 0.3 is 0 Å². The maximum absolute atomic E-state index is 11.8. The molecule has 0 aliphatic carbocycles. The molecule has 2 rings (SSSR count). The summed E-state index contributed by atoms with van der Waals surface area (Å²) in [5.74, 6) is 0.0941. The van der Waals surface area contributed by atoms with Crippen LogP contribution in [-0.2, 0) is 11.2 Å². The Bertz CT molecular complexity index is 592. The minimum absolute atomic E-state index is 0.0941. The van der Waals surface area contributed by atoms with Crippen LogP contribution in [0.2, 0.25) is 0 Å². The van der Waals surface area contributed by atoms with Crippen molar-refractivity contribution in [2.75, 3.05) is 13.1 Å². The molecule has 0 fully saturated rings. The van der Waals surface area contributed by atoms with E-state index in [2.05, 4.69) is 33.8 Å². The molecule has 0 bridgehead atoms. The van der Waals surface area contributed by atoms with Gasteiger partial charge in [-0.1, -0.05) is 31.2 Å². The molecule has 1 amide bonds. The van der Waals surface area contributed by atoms with E-state index in [9.17, 15) is 4.79 Å². The number of para-hydroxylation sites is 1. The molecule has 2 N–H and O–H groups in total. The average molecular weight is 285 g/mol. The molecular weight excluding hydrogens is 262 g/mol. The summed E-state index contributed by atoms with van der Waals surface area (Å²) in [4.78, 5) is 16.2. The molecule has 0 spiro atoms. The molecule has 1 heterocycles. The third kappa shape index (κ3) is 4.53. The largest absolute Gasteiger partial charge is 0.356 e. The predicted octanol–water partition coefficient (Wildman–Crippen LogP) is 2.28. The van der Waals surface area contributed by atoms with Gasteiger partial charge in [0, 0.05) is 30.6 Å². The Hall–Kier alpha value is -1.94. The summed E-state index contributed by atoms with van der Waals surface area (Å²) in [6.07, 6.45) is 3.12. The van der Waals surface area contributed by atoms with Gasteiger partial charge in [-0.25, -0.2) is 0 Å². The number of aromatic nitrogens is 1. The smallest absolute Gasteiger partial charge is 0.221 e. The number of carbonyl (C=O) groups excluding carboxylic acids is 1. The van der Waals surface area contributed by atoms with Crippen molar-refractivity contribution in [1.82, 2.24) is 15.6 Å². The summed E-state index contributed by atoms with van der Waals surface area (Å²) in [6.45, 7) is 5.60. The van der Waals surface area contributed by atoms with Crippen LogP contribution in [0, 0.1) is 0 Å². The van der Waals surface area contributed by atoms with Crippen LogP contribution in [0.5, 0.6) is 0 Å². The SMILES string of the molecule is CCNC(C)CC(=O)NCCc1cccc2cccnc12. The number of fused-ring (bicyclic) bond motifs is 1. The van der Waals surface area contributed by atoms with Crippen molar-refractivity contribution in [2.24, 2.45) is 0 Å². The van der Waals surface area contributed by atoms with E-state index in [0.29, 0.717) is 13.0 Å². The van der Waals surface area contributed by atoms with Crippen LogP contribution in [0.25, 0.3) is 10.9 Å². The fraction of sp³-hybridized carbons (Fsp3) is 0.412. The number of hydrogen-bond acceptors (Lipinski definition) is 3. The zero-order valence-corrected chi connectivity index (χ0v) is 12.7. The first-order valence-electron chi connectivity index (χ1n) is 7.53. The standard InChI is InChI=1S/C17H23N3O/c1-3-18-13(2)12-16(21)19-11-9-15-7-4-6-14-8-5-10-20-17(14)15/h4-8,10,13,18H,3,9,11-12H2,1-2H3,(H,19,21). The van der Waals surface area contributed by atoms with Gasteiger partial charge in [0.1, 0.15) is 0 Å². The molecule has 0 aliphatic heterocycles. The lowest BCUT2D eigenvalue weighted by atomic mass is 10.1. The zero-order valence-electron chi connectivity index (χ0n) is 12.7. The van der Waals surface area contributed by atoms with Gasteiger partial charge in [-0.2, -0.15) is 0 Å². The van der Waals surface area contributed by atoms with E-state index in [1.54, 1.807) is 0 Å². The van der Waals surface area contributed by atoms with Crippen molar-refractivity contribution < 1.29 is 4.79 Å². The number of carbonyl (C=O) groups is 1. The Labute approximate surface area is 126 Å². The van der Waals surface area contributed by atoms with Gasteiger partial charge in [0.2, 0.25) is 5.91 Å². The first-order valence-corrected chi connectivity index (χ1v) is 7.53. The molecule has 21 heavy (non-hydrogen) atoms. The van der Waals surface area contributed by atoms with Gasteiger partial charge in [-0.05, 0) is 31.5 Å². The van der Waals surface area contributed by atoms with Crippen molar-refractivity contribution >= 4 is 16.8 Å². The Morgan fingerprint density at radius 3 is 2.90 bits per heavy atom. The summed E-state index contributed by atoms with van der Waals surface area (Å²) < 4.78 is 0. The fourth-order valence-electron chi connectivity index (χ4n) is 2.48. The number of hydrogen-bond donors (Lipinski definition) is 2. The molecule has 0 saturated carbocycles. The average Bonchev–Trinajstić information content (AvgIpc) is 2.47. The molecule has 2 aromatic rings. The number of nitrogens with zero attached hydrogens (tertiary/aromatic N) is 1. The highest BCUT2D eigenvalue weighted by Crippen LogP contribution is 2.15. The van der Waals surface area contributed by atoms with Crippen molar-refractivity contribution in [3.63, 3.8) is 0 Å². The lowest BCUT2D eigenvalue weighted by Crippen LogP contribution is -2.34. The highest BCUT2D eigenvalue weighted by molar-refractivity contribution is 5.81. The van der Waals surface area contributed by atoms with Crippen LogP contribution in [0.15, 0.2) is 36.5 Å². The van der Waals surface area contributed by atoms with Gasteiger partial charge in [-0.3, -0.25) is 9.78 Å². The first-order chi connectivity index (χ1) is 10.2. The normalized spacial score (nSPS) is 12.3. The van der Waals surface area contributed by atoms with Gasteiger partial charge in [-0.15, -0.1) is 0 Å². The molecule has 112 valence electrons. The summed E-state index contributed by atoms with van der Waals surface area (Å²) in [6, 6.07) is 10.4. The van der Waals surface area contributed by atoms with Crippen LogP contribution in [-0.4, -0.2) is 30.0 Å². The molecule has 1 atom stereocenters. The Balaban J connectivity index is 1.86. The zero-order chi connectivity index (χ0) is 15.1. The van der Waals surface area contributed by atoms with Gasteiger partial charge in [0.05, 0.1) is 5.52 Å². The molecule has 0 aliphatic rings. The highest BCUT2D eigenvalue weighted by Gasteiger charge is 2.07. The Morgan fingerprint density at radius 2 is 2.10 bits per heavy atom. The van der Waals surface area contributed by atoms with Crippen molar-refractivity contribution in [3.05, 3.63) is 42.1 Å². The van der Waals surface area contributed by atoms with Crippen LogP contribution in [0.4, 0.5) is 0 Å². The van der Waals surface area contributed by atoms with E-state index in [0.717, 1.165) is 23.9 Å². The first kappa shape index (κ1) is 15.4. The quantitative estimate of drug-likeness (QED) is 0.820. The molecule has 4 nitrogen and oxygen atoms in total. The second-order valence-corrected chi connectivity index (χ2v) is 5.26. The van der Waals surface area contributed by atoms with Crippen LogP contribution in [0.1, 0.15) is 25.8 Å². The Morgan fingerprint density at radius 1 is 1.29 bits per heavy atom. The maximum Gasteiger partial charge on any atom is 0.221 e. The van der Waals surface area contributed by atoms with E-state index < -0.39 is 0 Å². The van der Waals surface area contributed by atoms with E-state index in [1.165, 1.54) is 5.56 Å². The summed E-state index contributed by atoms with van der Waals surface area (Å²) in [7, 11) is 0. The second-order valence-electron chi connectivity index (χ2n) is 5.26. The number of pyridine rings is 1. The number of benzene rings is 1. The van der Waals surface area contributed by atoms with Crippen LogP contribution >= 0.6 is 0 Å². The van der Waals surface area contributed by atoms with E-state index in [-0.39, 0.29) is 11.9 Å². The molecule has 4 heteroatoms. The third-order valence-corrected chi connectivity index (χ3v) is 3.48. The van der Waals surface area contributed by atoms with Crippen molar-refractivity contribution in [3.8, 4) is 0 Å². The van der Waals surface area contributed by atoms with E-state index >= 15 is 0 Å². The lowest BCUT2D eigenvalue weighted by Gasteiger charge is -2.12. The number of amides is 1. The topological polar surface area (TPSA) is 54.0 Å². The minimum Gasteiger partial charge on any atom is -0.356 e. The second kappa shape index (κ2) is 7.74. The molecule has 0 saturated heterocycles. The highest BCUT2D eigenvalue weighted by atomic mass is 16.1. The lowest BCUT2D eigenvalue weighted by molar-refractivity contribution is -0.121. The van der Waals surface area contributed by atoms with E-state index in [4.69, 9.17) is 0 Å². The predicted molar refractivity (Wildman–Crippen MR) is 86.2 cm³/mol. The minimum atomic E-state index is 0.0941. The molecular formula is C17H23N3O. The van der Waals surface area contributed by atoms with E-state index in [1.807, 2.05) is 32.2 Å². The Kier molecular flexibility index (Phi) is 5.69.